The Morgan fingerprint density at radius 3 is 2.67 bits per heavy atom. The molecule has 0 radical (unpaired) electrons. The third kappa shape index (κ3) is 7.71. The van der Waals surface area contributed by atoms with Gasteiger partial charge in [0.1, 0.15) is 0 Å². The zero-order valence-corrected chi connectivity index (χ0v) is 13.8. The number of rotatable bonds is 10. The van der Waals surface area contributed by atoms with Crippen LogP contribution in [0.3, 0.4) is 0 Å². The molecule has 0 aromatic heterocycles. The van der Waals surface area contributed by atoms with E-state index >= 15 is 0 Å². The van der Waals surface area contributed by atoms with E-state index in [1.165, 1.54) is 0 Å². The lowest BCUT2D eigenvalue weighted by Gasteiger charge is -2.21. The Hall–Kier alpha value is -0.750. The van der Waals surface area contributed by atoms with Crippen molar-refractivity contribution in [2.75, 3.05) is 39.2 Å². The predicted molar refractivity (Wildman–Crippen MR) is 87.0 cm³/mol. The summed E-state index contributed by atoms with van der Waals surface area (Å²) in [5.74, 6) is 0.947. The van der Waals surface area contributed by atoms with Gasteiger partial charge >= 0.3 is 0 Å². The molecule has 0 saturated heterocycles. The van der Waals surface area contributed by atoms with Gasteiger partial charge in [0.2, 0.25) is 5.91 Å². The maximum atomic E-state index is 12.0. The third-order valence-electron chi connectivity index (χ3n) is 2.91. The molecule has 1 aromatic carbocycles. The molecule has 118 valence electrons. The Bertz CT molecular complexity index is 414. The van der Waals surface area contributed by atoms with Gasteiger partial charge in [-0.1, -0.05) is 11.6 Å². The van der Waals surface area contributed by atoms with Crippen LogP contribution in [0.15, 0.2) is 29.2 Å². The molecule has 0 bridgehead atoms. The molecule has 0 fully saturated rings. The van der Waals surface area contributed by atoms with E-state index in [2.05, 4.69) is 0 Å². The zero-order valence-electron chi connectivity index (χ0n) is 12.3. The lowest BCUT2D eigenvalue weighted by Crippen LogP contribution is -2.36. The molecule has 0 heterocycles. The van der Waals surface area contributed by atoms with E-state index in [1.807, 2.05) is 24.3 Å². The van der Waals surface area contributed by atoms with Crippen LogP contribution < -0.4 is 0 Å². The smallest absolute Gasteiger partial charge is 0.222 e. The van der Waals surface area contributed by atoms with Crippen molar-refractivity contribution in [2.45, 2.75) is 17.7 Å². The van der Waals surface area contributed by atoms with Gasteiger partial charge in [-0.15, -0.1) is 11.8 Å². The number of halogens is 1. The van der Waals surface area contributed by atoms with Crippen LogP contribution in [0.1, 0.15) is 12.8 Å². The van der Waals surface area contributed by atoms with Gasteiger partial charge in [0, 0.05) is 36.5 Å². The molecular formula is C15H22ClNO3S. The Balaban J connectivity index is 2.26. The molecule has 0 aliphatic heterocycles. The van der Waals surface area contributed by atoms with Crippen molar-refractivity contribution in [3.8, 4) is 0 Å². The third-order valence-corrected chi connectivity index (χ3v) is 4.26. The van der Waals surface area contributed by atoms with E-state index in [0.29, 0.717) is 26.1 Å². The Kier molecular flexibility index (Phi) is 9.50. The lowest BCUT2D eigenvalue weighted by atomic mass is 10.3. The number of aliphatic hydroxyl groups is 1. The summed E-state index contributed by atoms with van der Waals surface area (Å²) in [6, 6.07) is 7.68. The molecular weight excluding hydrogens is 310 g/mol. The molecule has 1 rings (SSSR count). The number of carbonyl (C=O) groups is 1. The first kappa shape index (κ1) is 18.3. The molecule has 0 aliphatic carbocycles. The first-order chi connectivity index (χ1) is 10.2. The summed E-state index contributed by atoms with van der Waals surface area (Å²) in [6.07, 6.45) is 1.30. The molecule has 0 aliphatic rings. The van der Waals surface area contributed by atoms with Gasteiger partial charge in [0.05, 0.1) is 13.2 Å². The topological polar surface area (TPSA) is 49.8 Å². The van der Waals surface area contributed by atoms with Gasteiger partial charge in [0.15, 0.2) is 0 Å². The van der Waals surface area contributed by atoms with Gasteiger partial charge < -0.3 is 14.7 Å². The average molecular weight is 332 g/mol. The number of hydrogen-bond donors (Lipinski definition) is 1. The van der Waals surface area contributed by atoms with Crippen molar-refractivity contribution in [1.82, 2.24) is 4.90 Å². The number of benzene rings is 1. The summed E-state index contributed by atoms with van der Waals surface area (Å²) >= 11 is 7.54. The monoisotopic (exact) mass is 331 g/mol. The van der Waals surface area contributed by atoms with E-state index < -0.39 is 0 Å². The van der Waals surface area contributed by atoms with Crippen LogP contribution in [0.2, 0.25) is 5.02 Å². The second-order valence-corrected chi connectivity index (χ2v) is 6.11. The maximum Gasteiger partial charge on any atom is 0.222 e. The van der Waals surface area contributed by atoms with Crippen LogP contribution in [0.4, 0.5) is 0 Å². The number of amides is 1. The van der Waals surface area contributed by atoms with E-state index in [1.54, 1.807) is 23.8 Å². The summed E-state index contributed by atoms with van der Waals surface area (Å²) in [5.41, 5.74) is 0. The Morgan fingerprint density at radius 1 is 1.33 bits per heavy atom. The van der Waals surface area contributed by atoms with Gasteiger partial charge in [-0.2, -0.15) is 0 Å². The molecule has 6 heteroatoms. The summed E-state index contributed by atoms with van der Waals surface area (Å²) in [5, 5.41) is 9.71. The number of hydrogen-bond acceptors (Lipinski definition) is 4. The number of methoxy groups -OCH3 is 1. The van der Waals surface area contributed by atoms with Gasteiger partial charge in [-0.05, 0) is 36.4 Å². The van der Waals surface area contributed by atoms with E-state index in [-0.39, 0.29) is 12.5 Å². The first-order valence-corrected chi connectivity index (χ1v) is 8.29. The lowest BCUT2D eigenvalue weighted by molar-refractivity contribution is -0.132. The maximum absolute atomic E-state index is 12.0. The van der Waals surface area contributed by atoms with Crippen molar-refractivity contribution >= 4 is 29.3 Å². The molecule has 4 nitrogen and oxygen atoms in total. The number of carbonyl (C=O) groups excluding carboxylic acids is 1. The minimum absolute atomic E-state index is 0.0189. The number of nitrogens with zero attached hydrogens (tertiary/aromatic N) is 1. The fourth-order valence-corrected chi connectivity index (χ4v) is 2.76. The second-order valence-electron chi connectivity index (χ2n) is 4.50. The van der Waals surface area contributed by atoms with Gasteiger partial charge in [0.25, 0.3) is 0 Å². The van der Waals surface area contributed by atoms with Crippen LogP contribution in [-0.4, -0.2) is 55.1 Å². The quantitative estimate of drug-likeness (QED) is 0.529. The molecule has 1 aromatic rings. The van der Waals surface area contributed by atoms with Crippen molar-refractivity contribution < 1.29 is 14.6 Å². The minimum Gasteiger partial charge on any atom is -0.395 e. The fourth-order valence-electron chi connectivity index (χ4n) is 1.79. The van der Waals surface area contributed by atoms with Gasteiger partial charge in [-0.25, -0.2) is 0 Å². The van der Waals surface area contributed by atoms with Crippen LogP contribution in [0.5, 0.6) is 0 Å². The van der Waals surface area contributed by atoms with Crippen LogP contribution in [0, 0.1) is 0 Å². The Morgan fingerprint density at radius 2 is 2.05 bits per heavy atom. The fraction of sp³-hybridized carbons (Fsp3) is 0.533. The van der Waals surface area contributed by atoms with Crippen molar-refractivity contribution in [3.63, 3.8) is 0 Å². The molecule has 1 N–H and O–H groups in total. The van der Waals surface area contributed by atoms with E-state index in [0.717, 1.165) is 22.1 Å². The van der Waals surface area contributed by atoms with Crippen molar-refractivity contribution in [1.29, 1.82) is 0 Å². The normalized spacial score (nSPS) is 10.6. The highest BCUT2D eigenvalue weighted by Gasteiger charge is 2.12. The number of ether oxygens (including phenoxy) is 1. The van der Waals surface area contributed by atoms with Crippen molar-refractivity contribution in [2.24, 2.45) is 0 Å². The summed E-state index contributed by atoms with van der Waals surface area (Å²) in [7, 11) is 1.60. The summed E-state index contributed by atoms with van der Waals surface area (Å²) in [6.45, 7) is 1.37. The summed E-state index contributed by atoms with van der Waals surface area (Å²) < 4.78 is 4.97. The highest BCUT2D eigenvalue weighted by molar-refractivity contribution is 7.99. The standard InChI is InChI=1S/C15H22ClNO3S/c1-20-11-9-17(8-10-18)15(19)3-2-12-21-14-6-4-13(16)5-7-14/h4-7,18H,2-3,8-12H2,1H3. The van der Waals surface area contributed by atoms with Crippen LogP contribution in [0.25, 0.3) is 0 Å². The number of thioether (sulfide) groups is 1. The molecule has 21 heavy (non-hydrogen) atoms. The molecule has 1 amide bonds. The zero-order chi connectivity index (χ0) is 15.5. The van der Waals surface area contributed by atoms with Crippen LogP contribution >= 0.6 is 23.4 Å². The van der Waals surface area contributed by atoms with E-state index in [4.69, 9.17) is 21.4 Å². The predicted octanol–water partition coefficient (Wildman–Crippen LogP) is 2.68. The molecule has 0 unspecified atom stereocenters. The highest BCUT2D eigenvalue weighted by atomic mass is 35.5. The van der Waals surface area contributed by atoms with E-state index in [9.17, 15) is 4.79 Å². The van der Waals surface area contributed by atoms with Gasteiger partial charge in [-0.3, -0.25) is 4.79 Å². The highest BCUT2D eigenvalue weighted by Crippen LogP contribution is 2.21. The average Bonchev–Trinajstić information content (AvgIpc) is 2.49. The SMILES string of the molecule is COCCN(CCO)C(=O)CCCSc1ccc(Cl)cc1. The van der Waals surface area contributed by atoms with Crippen molar-refractivity contribution in [3.05, 3.63) is 29.3 Å². The number of aliphatic hydroxyl groups excluding tert-OH is 1. The molecule has 0 saturated carbocycles. The first-order valence-electron chi connectivity index (χ1n) is 6.93. The Labute approximate surface area is 135 Å². The second kappa shape index (κ2) is 10.9. The molecule has 0 atom stereocenters. The largest absolute Gasteiger partial charge is 0.395 e. The minimum atomic E-state index is -0.0189. The molecule has 0 spiro atoms. The van der Waals surface area contributed by atoms with Crippen LogP contribution in [-0.2, 0) is 9.53 Å². The summed E-state index contributed by atoms with van der Waals surface area (Å²) in [4.78, 5) is 14.8.